The van der Waals surface area contributed by atoms with Crippen molar-refractivity contribution in [3.63, 3.8) is 0 Å². The van der Waals surface area contributed by atoms with Gasteiger partial charge in [-0.1, -0.05) is 38.8 Å². The summed E-state index contributed by atoms with van der Waals surface area (Å²) in [6.45, 7) is 10.5. The highest BCUT2D eigenvalue weighted by molar-refractivity contribution is 5.86. The van der Waals surface area contributed by atoms with E-state index in [0.29, 0.717) is 12.2 Å². The molecule has 0 bridgehead atoms. The number of aliphatic hydroxyl groups excluding tert-OH is 1. The number of hydrogen-bond donors (Lipinski definition) is 2. The molecule has 0 spiro atoms. The number of aliphatic carboxylic acids is 1. The van der Waals surface area contributed by atoms with E-state index in [9.17, 15) is 9.59 Å². The van der Waals surface area contributed by atoms with E-state index in [1.165, 1.54) is 6.92 Å². The van der Waals surface area contributed by atoms with E-state index in [1.807, 2.05) is 0 Å². The van der Waals surface area contributed by atoms with Crippen molar-refractivity contribution < 1.29 is 24.5 Å². The molecular weight excluding hydrogens is 272 g/mol. The quantitative estimate of drug-likeness (QED) is 0.368. The van der Waals surface area contributed by atoms with Crippen LogP contribution in [0.5, 0.6) is 0 Å². The normalized spacial score (nSPS) is 9.29. The van der Waals surface area contributed by atoms with Gasteiger partial charge >= 0.3 is 11.9 Å². The first-order valence-corrected chi connectivity index (χ1v) is 7.15. The molecule has 5 heteroatoms. The third-order valence-electron chi connectivity index (χ3n) is 2.50. The summed E-state index contributed by atoms with van der Waals surface area (Å²) in [5, 5.41) is 16.4. The molecule has 0 aliphatic rings. The van der Waals surface area contributed by atoms with Gasteiger partial charge in [-0.3, -0.25) is 0 Å². The predicted molar refractivity (Wildman–Crippen MR) is 83.0 cm³/mol. The highest BCUT2D eigenvalue weighted by Crippen LogP contribution is 2.05. The zero-order chi connectivity index (χ0) is 16.7. The van der Waals surface area contributed by atoms with Crippen molar-refractivity contribution in [3.8, 4) is 0 Å². The van der Waals surface area contributed by atoms with Crippen molar-refractivity contribution in [1.29, 1.82) is 0 Å². The van der Waals surface area contributed by atoms with Crippen molar-refractivity contribution in [2.45, 2.75) is 52.4 Å². The number of esters is 1. The van der Waals surface area contributed by atoms with Crippen LogP contribution in [-0.4, -0.2) is 35.4 Å². The van der Waals surface area contributed by atoms with Gasteiger partial charge in [-0.2, -0.15) is 0 Å². The second-order valence-corrected chi connectivity index (χ2v) is 4.85. The van der Waals surface area contributed by atoms with E-state index in [1.54, 1.807) is 6.92 Å². The van der Waals surface area contributed by atoms with Gasteiger partial charge < -0.3 is 14.9 Å². The third kappa shape index (κ3) is 18.4. The van der Waals surface area contributed by atoms with Crippen LogP contribution in [-0.2, 0) is 14.3 Å². The second kappa shape index (κ2) is 14.8. The number of hydrogen-bond acceptors (Lipinski definition) is 4. The smallest absolute Gasteiger partial charge is 0.333 e. The van der Waals surface area contributed by atoms with Gasteiger partial charge in [0.1, 0.15) is 0 Å². The molecule has 0 saturated heterocycles. The molecule has 0 fully saturated rings. The zero-order valence-corrected chi connectivity index (χ0v) is 13.2. The number of carboxylic acids is 1. The fraction of sp³-hybridized carbons (Fsp3) is 0.625. The lowest BCUT2D eigenvalue weighted by molar-refractivity contribution is -0.139. The lowest BCUT2D eigenvalue weighted by atomic mass is 10.1. The van der Waals surface area contributed by atoms with E-state index < -0.39 is 5.97 Å². The Balaban J connectivity index is 0. The standard InChI is InChI=1S/C12H22O3.C4H6O2/c1-11(2)12(14)15-10-8-6-4-3-5-7-9-13;1-3(2)4(5)6/h13H,1,3-10H2,2H3;1H2,2H3,(H,5,6). The predicted octanol–water partition coefficient (Wildman–Crippen LogP) is 3.09. The average molecular weight is 300 g/mol. The first kappa shape index (κ1) is 21.7. The van der Waals surface area contributed by atoms with E-state index >= 15 is 0 Å². The summed E-state index contributed by atoms with van der Waals surface area (Å²) in [6, 6.07) is 0. The molecule has 0 unspecified atom stereocenters. The first-order chi connectivity index (χ1) is 9.82. The SMILES string of the molecule is C=C(C)C(=O)O.C=C(C)C(=O)OCCCCCCCCO. The van der Waals surface area contributed by atoms with Crippen LogP contribution in [0.2, 0.25) is 0 Å². The van der Waals surface area contributed by atoms with Gasteiger partial charge in [0, 0.05) is 17.8 Å². The van der Waals surface area contributed by atoms with Crippen LogP contribution in [0.15, 0.2) is 24.3 Å². The fourth-order valence-corrected chi connectivity index (χ4v) is 1.21. The average Bonchev–Trinajstić information content (AvgIpc) is 2.41. The Bertz CT molecular complexity index is 322. The van der Waals surface area contributed by atoms with Crippen LogP contribution in [0.1, 0.15) is 52.4 Å². The molecule has 122 valence electrons. The molecular formula is C16H28O5. The van der Waals surface area contributed by atoms with E-state index in [-0.39, 0.29) is 18.1 Å². The summed E-state index contributed by atoms with van der Waals surface area (Å²) in [6.07, 6.45) is 6.26. The molecule has 0 saturated carbocycles. The van der Waals surface area contributed by atoms with Gasteiger partial charge in [-0.25, -0.2) is 9.59 Å². The van der Waals surface area contributed by atoms with Crippen LogP contribution >= 0.6 is 0 Å². The fourth-order valence-electron chi connectivity index (χ4n) is 1.21. The summed E-state index contributed by atoms with van der Waals surface area (Å²) in [7, 11) is 0. The Morgan fingerprint density at radius 2 is 1.33 bits per heavy atom. The van der Waals surface area contributed by atoms with Crippen molar-refractivity contribution in [2.24, 2.45) is 0 Å². The summed E-state index contributed by atoms with van der Waals surface area (Å²) < 4.78 is 4.95. The van der Waals surface area contributed by atoms with Crippen molar-refractivity contribution in [2.75, 3.05) is 13.2 Å². The molecule has 0 atom stereocenters. The molecule has 0 amide bonds. The largest absolute Gasteiger partial charge is 0.478 e. The molecule has 0 aromatic heterocycles. The summed E-state index contributed by atoms with van der Waals surface area (Å²) >= 11 is 0. The molecule has 0 aliphatic heterocycles. The van der Waals surface area contributed by atoms with E-state index in [2.05, 4.69) is 13.2 Å². The van der Waals surface area contributed by atoms with Crippen LogP contribution in [0.3, 0.4) is 0 Å². The van der Waals surface area contributed by atoms with Gasteiger partial charge in [0.25, 0.3) is 0 Å². The lowest BCUT2D eigenvalue weighted by Gasteiger charge is -2.03. The van der Waals surface area contributed by atoms with Gasteiger partial charge in [0.2, 0.25) is 0 Å². The second-order valence-electron chi connectivity index (χ2n) is 4.85. The maximum Gasteiger partial charge on any atom is 0.333 e. The summed E-state index contributed by atoms with van der Waals surface area (Å²) in [5.41, 5.74) is 0.632. The number of carbonyl (C=O) groups is 2. The Hall–Kier alpha value is -1.62. The van der Waals surface area contributed by atoms with Crippen LogP contribution < -0.4 is 0 Å². The van der Waals surface area contributed by atoms with Gasteiger partial charge in [-0.15, -0.1) is 0 Å². The van der Waals surface area contributed by atoms with Gasteiger partial charge in [0.15, 0.2) is 0 Å². The highest BCUT2D eigenvalue weighted by Gasteiger charge is 2.01. The minimum atomic E-state index is -0.935. The molecule has 2 N–H and O–H groups in total. The molecule has 0 aromatic rings. The molecule has 0 aromatic carbocycles. The summed E-state index contributed by atoms with van der Waals surface area (Å²) in [4.78, 5) is 20.6. The summed E-state index contributed by atoms with van der Waals surface area (Å²) in [5.74, 6) is -1.23. The molecule has 5 nitrogen and oxygen atoms in total. The molecule has 0 rings (SSSR count). The Morgan fingerprint density at radius 3 is 1.71 bits per heavy atom. The van der Waals surface area contributed by atoms with Crippen LogP contribution in [0.25, 0.3) is 0 Å². The Morgan fingerprint density at radius 1 is 0.905 bits per heavy atom. The third-order valence-corrected chi connectivity index (χ3v) is 2.50. The van der Waals surface area contributed by atoms with Crippen molar-refractivity contribution in [3.05, 3.63) is 24.3 Å². The maximum absolute atomic E-state index is 11.0. The van der Waals surface area contributed by atoms with Crippen molar-refractivity contribution in [1.82, 2.24) is 0 Å². The van der Waals surface area contributed by atoms with Crippen molar-refractivity contribution >= 4 is 11.9 Å². The molecule has 21 heavy (non-hydrogen) atoms. The number of ether oxygens (including phenoxy) is 1. The van der Waals surface area contributed by atoms with E-state index in [4.69, 9.17) is 14.9 Å². The zero-order valence-electron chi connectivity index (χ0n) is 13.2. The number of aliphatic hydroxyl groups is 1. The number of rotatable bonds is 10. The van der Waals surface area contributed by atoms with Crippen LogP contribution in [0.4, 0.5) is 0 Å². The van der Waals surface area contributed by atoms with Crippen LogP contribution in [0, 0.1) is 0 Å². The Labute approximate surface area is 127 Å². The number of carboxylic acid groups (broad SMARTS) is 1. The Kier molecular flexibility index (Phi) is 15.3. The first-order valence-electron chi connectivity index (χ1n) is 7.15. The maximum atomic E-state index is 11.0. The topological polar surface area (TPSA) is 83.8 Å². The molecule has 0 radical (unpaired) electrons. The monoisotopic (exact) mass is 300 g/mol. The van der Waals surface area contributed by atoms with E-state index in [0.717, 1.165) is 38.5 Å². The van der Waals surface area contributed by atoms with Gasteiger partial charge in [-0.05, 0) is 26.7 Å². The minimum Gasteiger partial charge on any atom is -0.478 e. The van der Waals surface area contributed by atoms with Gasteiger partial charge in [0.05, 0.1) is 6.61 Å². The minimum absolute atomic E-state index is 0.176. The molecule has 0 heterocycles. The number of carbonyl (C=O) groups excluding carboxylic acids is 1. The molecule has 0 aliphatic carbocycles. The number of unbranched alkanes of at least 4 members (excludes halogenated alkanes) is 5. The lowest BCUT2D eigenvalue weighted by Crippen LogP contribution is -2.05. The highest BCUT2D eigenvalue weighted by atomic mass is 16.5.